The molecular weight excluding hydrogens is 356 g/mol. The number of carbonyl (C=O) groups excluding carboxylic acids is 1. The number of para-hydroxylation sites is 1. The van der Waals surface area contributed by atoms with Crippen molar-refractivity contribution in [2.75, 3.05) is 32.7 Å². The van der Waals surface area contributed by atoms with Crippen molar-refractivity contribution < 1.29 is 14.3 Å². The number of carbonyl (C=O) groups is 1. The summed E-state index contributed by atoms with van der Waals surface area (Å²) in [5.41, 5.74) is 1.90. The van der Waals surface area contributed by atoms with Crippen molar-refractivity contribution in [1.82, 2.24) is 10.6 Å². The van der Waals surface area contributed by atoms with Gasteiger partial charge in [0.25, 0.3) is 0 Å². The van der Waals surface area contributed by atoms with Gasteiger partial charge in [0.2, 0.25) is 5.91 Å². The van der Waals surface area contributed by atoms with Gasteiger partial charge in [-0.25, -0.2) is 0 Å². The minimum absolute atomic E-state index is 0.00308. The summed E-state index contributed by atoms with van der Waals surface area (Å²) in [6.45, 7) is 1.14. The van der Waals surface area contributed by atoms with Crippen LogP contribution < -0.4 is 25.0 Å². The molecule has 0 radical (unpaired) electrons. The highest BCUT2D eigenvalue weighted by atomic mass is 16.5. The molecule has 0 aromatic heterocycles. The van der Waals surface area contributed by atoms with Gasteiger partial charge in [0, 0.05) is 43.9 Å². The van der Waals surface area contributed by atoms with Gasteiger partial charge in [-0.2, -0.15) is 0 Å². The highest BCUT2D eigenvalue weighted by Gasteiger charge is 2.31. The Labute approximate surface area is 165 Å². The Balaban J connectivity index is 1.59. The van der Waals surface area contributed by atoms with Crippen LogP contribution in [0.15, 0.2) is 53.5 Å². The van der Waals surface area contributed by atoms with Crippen LogP contribution in [0.2, 0.25) is 0 Å². The van der Waals surface area contributed by atoms with E-state index in [1.165, 1.54) is 0 Å². The summed E-state index contributed by atoms with van der Waals surface area (Å²) in [4.78, 5) is 18.5. The molecule has 7 heteroatoms. The SMILES string of the molecule is CN=C(NCc1ccc(OC)cc1OC)NC1CC(=O)N(c2ccccc2)C1. The predicted octanol–water partition coefficient (Wildman–Crippen LogP) is 2.17. The van der Waals surface area contributed by atoms with Crippen LogP contribution in [0.4, 0.5) is 5.69 Å². The van der Waals surface area contributed by atoms with Crippen molar-refractivity contribution in [3.05, 3.63) is 54.1 Å². The Morgan fingerprint density at radius 1 is 1.18 bits per heavy atom. The van der Waals surface area contributed by atoms with Gasteiger partial charge in [-0.1, -0.05) is 18.2 Å². The van der Waals surface area contributed by atoms with Crippen molar-refractivity contribution in [3.8, 4) is 11.5 Å². The number of methoxy groups -OCH3 is 2. The van der Waals surface area contributed by atoms with E-state index >= 15 is 0 Å². The molecule has 0 spiro atoms. The van der Waals surface area contributed by atoms with E-state index in [0.29, 0.717) is 25.5 Å². The predicted molar refractivity (Wildman–Crippen MR) is 110 cm³/mol. The van der Waals surface area contributed by atoms with Gasteiger partial charge >= 0.3 is 0 Å². The van der Waals surface area contributed by atoms with Crippen LogP contribution in [-0.2, 0) is 11.3 Å². The first-order valence-electron chi connectivity index (χ1n) is 9.18. The molecular formula is C21H26N4O3. The molecule has 1 saturated heterocycles. The lowest BCUT2D eigenvalue weighted by atomic mass is 10.2. The minimum Gasteiger partial charge on any atom is -0.497 e. The number of ether oxygens (including phenoxy) is 2. The summed E-state index contributed by atoms with van der Waals surface area (Å²) in [5.74, 6) is 2.24. The molecule has 28 heavy (non-hydrogen) atoms. The summed E-state index contributed by atoms with van der Waals surface area (Å²) < 4.78 is 10.7. The first-order chi connectivity index (χ1) is 13.6. The molecule has 0 saturated carbocycles. The smallest absolute Gasteiger partial charge is 0.229 e. The molecule has 0 bridgehead atoms. The number of hydrogen-bond acceptors (Lipinski definition) is 4. The average molecular weight is 382 g/mol. The number of guanidine groups is 1. The summed E-state index contributed by atoms with van der Waals surface area (Å²) in [5, 5.41) is 6.62. The van der Waals surface area contributed by atoms with E-state index in [4.69, 9.17) is 9.47 Å². The largest absolute Gasteiger partial charge is 0.497 e. The van der Waals surface area contributed by atoms with E-state index in [1.807, 2.05) is 48.5 Å². The lowest BCUT2D eigenvalue weighted by molar-refractivity contribution is -0.117. The third-order valence-electron chi connectivity index (χ3n) is 4.70. The third-order valence-corrected chi connectivity index (χ3v) is 4.70. The number of nitrogens with zero attached hydrogens (tertiary/aromatic N) is 2. The normalized spacial score (nSPS) is 16.8. The second kappa shape index (κ2) is 9.12. The molecule has 1 amide bonds. The molecule has 1 unspecified atom stereocenters. The van der Waals surface area contributed by atoms with E-state index in [0.717, 1.165) is 22.7 Å². The number of rotatable bonds is 6. The van der Waals surface area contributed by atoms with Gasteiger partial charge < -0.3 is 25.0 Å². The lowest BCUT2D eigenvalue weighted by Crippen LogP contribution is -2.44. The van der Waals surface area contributed by atoms with Crippen LogP contribution in [0.25, 0.3) is 0 Å². The van der Waals surface area contributed by atoms with E-state index in [9.17, 15) is 4.79 Å². The molecule has 1 atom stereocenters. The molecule has 3 rings (SSSR count). The maximum Gasteiger partial charge on any atom is 0.229 e. The standard InChI is InChI=1S/C21H26N4O3/c1-22-21(23-13-15-9-10-18(27-2)12-19(15)28-3)24-16-11-20(26)25(14-16)17-7-5-4-6-8-17/h4-10,12,16H,11,13-14H2,1-3H3,(H2,22,23,24). The number of hydrogen-bond donors (Lipinski definition) is 2. The Kier molecular flexibility index (Phi) is 6.37. The van der Waals surface area contributed by atoms with Gasteiger partial charge in [-0.3, -0.25) is 9.79 Å². The molecule has 1 heterocycles. The summed E-state index contributed by atoms with van der Waals surface area (Å²) in [6.07, 6.45) is 0.432. The zero-order valence-electron chi connectivity index (χ0n) is 16.4. The van der Waals surface area contributed by atoms with Crippen LogP contribution in [0.5, 0.6) is 11.5 Å². The van der Waals surface area contributed by atoms with E-state index in [-0.39, 0.29) is 11.9 Å². The second-order valence-electron chi connectivity index (χ2n) is 6.49. The summed E-state index contributed by atoms with van der Waals surface area (Å²) in [7, 11) is 4.97. The molecule has 7 nitrogen and oxygen atoms in total. The molecule has 0 aliphatic carbocycles. The number of nitrogens with one attached hydrogen (secondary N) is 2. The third kappa shape index (κ3) is 4.54. The number of benzene rings is 2. The van der Waals surface area contributed by atoms with Crippen LogP contribution in [0.3, 0.4) is 0 Å². The lowest BCUT2D eigenvalue weighted by Gasteiger charge is -2.19. The molecule has 2 aromatic carbocycles. The summed E-state index contributed by atoms with van der Waals surface area (Å²) in [6, 6.07) is 15.4. The van der Waals surface area contributed by atoms with Gasteiger partial charge in [-0.05, 0) is 24.3 Å². The number of amides is 1. The minimum atomic E-state index is -0.00308. The van der Waals surface area contributed by atoms with E-state index in [2.05, 4.69) is 15.6 Å². The monoisotopic (exact) mass is 382 g/mol. The Bertz CT molecular complexity index is 839. The van der Waals surface area contributed by atoms with E-state index in [1.54, 1.807) is 26.2 Å². The zero-order valence-corrected chi connectivity index (χ0v) is 16.4. The molecule has 1 aliphatic heterocycles. The van der Waals surface area contributed by atoms with Gasteiger partial charge in [0.05, 0.1) is 20.3 Å². The van der Waals surface area contributed by atoms with Gasteiger partial charge in [0.15, 0.2) is 5.96 Å². The maximum absolute atomic E-state index is 12.4. The summed E-state index contributed by atoms with van der Waals surface area (Å²) >= 11 is 0. The zero-order chi connectivity index (χ0) is 19.9. The fraction of sp³-hybridized carbons (Fsp3) is 0.333. The number of anilines is 1. The molecule has 2 N–H and O–H groups in total. The van der Waals surface area contributed by atoms with Crippen molar-refractivity contribution in [1.29, 1.82) is 0 Å². The van der Waals surface area contributed by atoms with Crippen LogP contribution in [0, 0.1) is 0 Å². The average Bonchev–Trinajstić information content (AvgIpc) is 3.11. The Hall–Kier alpha value is -3.22. The fourth-order valence-electron chi connectivity index (χ4n) is 3.23. The second-order valence-corrected chi connectivity index (χ2v) is 6.49. The molecule has 1 fully saturated rings. The van der Waals surface area contributed by atoms with Gasteiger partial charge in [-0.15, -0.1) is 0 Å². The van der Waals surface area contributed by atoms with Crippen LogP contribution in [-0.4, -0.2) is 45.7 Å². The highest BCUT2D eigenvalue weighted by molar-refractivity contribution is 5.97. The van der Waals surface area contributed by atoms with Crippen LogP contribution >= 0.6 is 0 Å². The van der Waals surface area contributed by atoms with Gasteiger partial charge in [0.1, 0.15) is 11.5 Å². The highest BCUT2D eigenvalue weighted by Crippen LogP contribution is 2.24. The fourth-order valence-corrected chi connectivity index (χ4v) is 3.23. The number of aliphatic imine (C=N–C) groups is 1. The van der Waals surface area contributed by atoms with Crippen molar-refractivity contribution in [2.24, 2.45) is 4.99 Å². The first kappa shape index (κ1) is 19.5. The topological polar surface area (TPSA) is 75.2 Å². The maximum atomic E-state index is 12.4. The van der Waals surface area contributed by atoms with Crippen molar-refractivity contribution in [3.63, 3.8) is 0 Å². The van der Waals surface area contributed by atoms with Crippen molar-refractivity contribution >= 4 is 17.6 Å². The van der Waals surface area contributed by atoms with Crippen LogP contribution in [0.1, 0.15) is 12.0 Å². The van der Waals surface area contributed by atoms with E-state index < -0.39 is 0 Å². The molecule has 148 valence electrons. The Morgan fingerprint density at radius 2 is 1.96 bits per heavy atom. The molecule has 2 aromatic rings. The first-order valence-corrected chi connectivity index (χ1v) is 9.18. The molecule has 1 aliphatic rings. The van der Waals surface area contributed by atoms with Crippen molar-refractivity contribution in [2.45, 2.75) is 19.0 Å². The quantitative estimate of drug-likeness (QED) is 0.592. The Morgan fingerprint density at radius 3 is 2.64 bits per heavy atom.